The molecular weight excluding hydrogens is 142 g/mol. The molecule has 3 heteroatoms. The van der Waals surface area contributed by atoms with Crippen LogP contribution in [0.25, 0.3) is 0 Å². The largest absolute Gasteiger partial charge is 0.481 e. The van der Waals surface area contributed by atoms with Crippen molar-refractivity contribution in [3.63, 3.8) is 0 Å². The Hall–Kier alpha value is -0.570. The summed E-state index contributed by atoms with van der Waals surface area (Å²) < 4.78 is 0. The summed E-state index contributed by atoms with van der Waals surface area (Å²) in [7, 11) is 0. The molecule has 0 amide bonds. The Balaban J connectivity index is 2.57. The summed E-state index contributed by atoms with van der Waals surface area (Å²) in [6, 6.07) is 0.112. The van der Waals surface area contributed by atoms with Crippen LogP contribution >= 0.6 is 0 Å². The van der Waals surface area contributed by atoms with Gasteiger partial charge in [0.05, 0.1) is 5.92 Å². The van der Waals surface area contributed by atoms with Crippen LogP contribution < -0.4 is 5.73 Å². The number of rotatable bonds is 2. The summed E-state index contributed by atoms with van der Waals surface area (Å²) in [5.41, 5.74) is 5.67. The van der Waals surface area contributed by atoms with Crippen LogP contribution in [0.5, 0.6) is 0 Å². The molecule has 64 valence electrons. The van der Waals surface area contributed by atoms with E-state index < -0.39 is 5.97 Å². The highest BCUT2D eigenvalue weighted by molar-refractivity contribution is 5.70. The molecule has 3 nitrogen and oxygen atoms in total. The summed E-state index contributed by atoms with van der Waals surface area (Å²) in [5, 5.41) is 8.78. The molecular formula is C8H15NO2. The first-order valence-corrected chi connectivity index (χ1v) is 4.13. The zero-order chi connectivity index (χ0) is 8.43. The molecule has 0 aromatic carbocycles. The molecule has 3 unspecified atom stereocenters. The minimum atomic E-state index is -0.676. The molecule has 0 bridgehead atoms. The van der Waals surface area contributed by atoms with Crippen LogP contribution in [0.15, 0.2) is 0 Å². The first kappa shape index (κ1) is 8.53. The normalized spacial score (nSPS) is 37.5. The van der Waals surface area contributed by atoms with E-state index >= 15 is 0 Å². The Morgan fingerprint density at radius 3 is 2.64 bits per heavy atom. The van der Waals surface area contributed by atoms with Crippen molar-refractivity contribution in [2.24, 2.45) is 17.6 Å². The van der Waals surface area contributed by atoms with E-state index in [4.69, 9.17) is 10.8 Å². The van der Waals surface area contributed by atoms with E-state index in [2.05, 4.69) is 0 Å². The first-order chi connectivity index (χ1) is 5.15. The second-order valence-corrected chi connectivity index (χ2v) is 3.34. The quantitative estimate of drug-likeness (QED) is 0.624. The summed E-state index contributed by atoms with van der Waals surface area (Å²) in [5.74, 6) is -0.553. The van der Waals surface area contributed by atoms with Crippen molar-refractivity contribution in [1.29, 1.82) is 0 Å². The van der Waals surface area contributed by atoms with Crippen LogP contribution in [-0.2, 0) is 4.79 Å². The molecule has 0 spiro atoms. The van der Waals surface area contributed by atoms with Gasteiger partial charge in [-0.1, -0.05) is 13.3 Å². The van der Waals surface area contributed by atoms with E-state index in [1.165, 1.54) is 0 Å². The maximum absolute atomic E-state index is 10.7. The fraction of sp³-hybridized carbons (Fsp3) is 0.875. The molecule has 0 aromatic rings. The molecule has 3 N–H and O–H groups in total. The third-order valence-corrected chi connectivity index (χ3v) is 2.57. The van der Waals surface area contributed by atoms with Crippen LogP contribution in [0.1, 0.15) is 26.2 Å². The maximum atomic E-state index is 10.7. The van der Waals surface area contributed by atoms with Gasteiger partial charge in [-0.3, -0.25) is 4.79 Å². The molecule has 11 heavy (non-hydrogen) atoms. The zero-order valence-electron chi connectivity index (χ0n) is 6.79. The van der Waals surface area contributed by atoms with E-state index in [1.54, 1.807) is 0 Å². The van der Waals surface area contributed by atoms with Crippen LogP contribution in [0.4, 0.5) is 0 Å². The lowest BCUT2D eigenvalue weighted by Gasteiger charge is -2.11. The molecule has 0 aromatic heterocycles. The van der Waals surface area contributed by atoms with Crippen molar-refractivity contribution in [3.05, 3.63) is 0 Å². The molecule has 1 aliphatic carbocycles. The van der Waals surface area contributed by atoms with Gasteiger partial charge in [-0.15, -0.1) is 0 Å². The van der Waals surface area contributed by atoms with Crippen LogP contribution in [0, 0.1) is 11.8 Å². The van der Waals surface area contributed by atoms with Gasteiger partial charge in [-0.25, -0.2) is 0 Å². The van der Waals surface area contributed by atoms with E-state index in [0.717, 1.165) is 12.8 Å². The number of hydrogen-bond donors (Lipinski definition) is 2. The zero-order valence-corrected chi connectivity index (χ0v) is 6.79. The van der Waals surface area contributed by atoms with E-state index in [1.807, 2.05) is 6.92 Å². The summed E-state index contributed by atoms with van der Waals surface area (Å²) in [6.07, 6.45) is 2.48. The van der Waals surface area contributed by atoms with Crippen molar-refractivity contribution in [2.75, 3.05) is 0 Å². The Labute approximate surface area is 66.6 Å². The van der Waals surface area contributed by atoms with Crippen LogP contribution in [0.3, 0.4) is 0 Å². The lowest BCUT2D eigenvalue weighted by atomic mass is 9.94. The van der Waals surface area contributed by atoms with Gasteiger partial charge < -0.3 is 10.8 Å². The van der Waals surface area contributed by atoms with Crippen molar-refractivity contribution in [1.82, 2.24) is 0 Å². The lowest BCUT2D eigenvalue weighted by Crippen LogP contribution is -2.18. The highest BCUT2D eigenvalue weighted by Gasteiger charge is 2.35. The van der Waals surface area contributed by atoms with E-state index in [9.17, 15) is 4.79 Å². The number of hydrogen-bond acceptors (Lipinski definition) is 2. The van der Waals surface area contributed by atoms with Crippen molar-refractivity contribution < 1.29 is 9.90 Å². The smallest absolute Gasteiger partial charge is 0.306 e. The minimum Gasteiger partial charge on any atom is -0.481 e. The molecule has 0 radical (unpaired) electrons. The third kappa shape index (κ3) is 1.71. The van der Waals surface area contributed by atoms with E-state index in [-0.39, 0.29) is 12.0 Å². The molecule has 1 rings (SSSR count). The van der Waals surface area contributed by atoms with Gasteiger partial charge >= 0.3 is 5.97 Å². The molecule has 1 saturated carbocycles. The fourth-order valence-corrected chi connectivity index (χ4v) is 1.92. The van der Waals surface area contributed by atoms with Gasteiger partial charge in [0.1, 0.15) is 0 Å². The summed E-state index contributed by atoms with van der Waals surface area (Å²) in [6.45, 7) is 2.03. The monoisotopic (exact) mass is 157 g/mol. The molecule has 1 fully saturated rings. The number of carboxylic acids is 1. The molecule has 3 atom stereocenters. The van der Waals surface area contributed by atoms with Gasteiger partial charge in [0.2, 0.25) is 0 Å². The number of aliphatic carboxylic acids is 1. The topological polar surface area (TPSA) is 63.3 Å². The molecule has 0 heterocycles. The third-order valence-electron chi connectivity index (χ3n) is 2.57. The molecule has 0 aliphatic heterocycles. The average Bonchev–Trinajstić information content (AvgIpc) is 2.30. The lowest BCUT2D eigenvalue weighted by molar-refractivity contribution is -0.143. The fourth-order valence-electron chi connectivity index (χ4n) is 1.92. The highest BCUT2D eigenvalue weighted by Crippen LogP contribution is 2.33. The molecule has 1 aliphatic rings. The van der Waals surface area contributed by atoms with Gasteiger partial charge in [-0.2, -0.15) is 0 Å². The Kier molecular flexibility index (Phi) is 2.49. The Morgan fingerprint density at radius 1 is 1.64 bits per heavy atom. The van der Waals surface area contributed by atoms with Crippen molar-refractivity contribution >= 4 is 5.97 Å². The number of nitrogens with two attached hydrogens (primary N) is 1. The Morgan fingerprint density at radius 2 is 2.27 bits per heavy atom. The summed E-state index contributed by atoms with van der Waals surface area (Å²) in [4.78, 5) is 10.7. The minimum absolute atomic E-state index is 0.112. The second-order valence-electron chi connectivity index (χ2n) is 3.34. The van der Waals surface area contributed by atoms with Gasteiger partial charge in [-0.05, 0) is 18.8 Å². The average molecular weight is 157 g/mol. The predicted molar refractivity (Wildman–Crippen MR) is 42.1 cm³/mol. The predicted octanol–water partition coefficient (Wildman–Crippen LogP) is 0.835. The first-order valence-electron chi connectivity index (χ1n) is 4.13. The Bertz CT molecular complexity index is 158. The van der Waals surface area contributed by atoms with Gasteiger partial charge in [0.15, 0.2) is 0 Å². The van der Waals surface area contributed by atoms with Gasteiger partial charge in [0, 0.05) is 6.04 Å². The second kappa shape index (κ2) is 3.22. The molecule has 0 saturated heterocycles. The van der Waals surface area contributed by atoms with Crippen molar-refractivity contribution in [3.8, 4) is 0 Å². The van der Waals surface area contributed by atoms with Crippen molar-refractivity contribution in [2.45, 2.75) is 32.2 Å². The van der Waals surface area contributed by atoms with Crippen LogP contribution in [0.2, 0.25) is 0 Å². The number of carbonyl (C=O) groups is 1. The van der Waals surface area contributed by atoms with Crippen LogP contribution in [-0.4, -0.2) is 17.1 Å². The highest BCUT2D eigenvalue weighted by atomic mass is 16.4. The maximum Gasteiger partial charge on any atom is 0.306 e. The standard InChI is InChI=1S/C8H15NO2/c1-2-5-3-6(9)4-7(5)8(10)11/h5-7H,2-4,9H2,1H3,(H,10,11). The summed E-state index contributed by atoms with van der Waals surface area (Å²) >= 11 is 0. The van der Waals surface area contributed by atoms with Gasteiger partial charge in [0.25, 0.3) is 0 Å². The van der Waals surface area contributed by atoms with E-state index in [0.29, 0.717) is 12.3 Å². The SMILES string of the molecule is CCC1CC(N)CC1C(=O)O. The number of carboxylic acid groups (broad SMARTS) is 1.